The summed E-state index contributed by atoms with van der Waals surface area (Å²) in [6, 6.07) is 44.8. The highest BCUT2D eigenvalue weighted by Gasteiger charge is 2.43. The van der Waals surface area contributed by atoms with Crippen LogP contribution in [0.15, 0.2) is 133 Å². The predicted octanol–water partition coefficient (Wildman–Crippen LogP) is 14.8. The van der Waals surface area contributed by atoms with Crippen molar-refractivity contribution in [2.75, 3.05) is 9.80 Å². The summed E-state index contributed by atoms with van der Waals surface area (Å²) in [6.07, 6.45) is 0. The minimum Gasteiger partial charge on any atom is -0.310 e. The smallest absolute Gasteiger partial charge is 0.123 e. The van der Waals surface area contributed by atoms with E-state index in [9.17, 15) is 8.78 Å². The number of aryl methyl sites for hydroxylation is 4. The Morgan fingerprint density at radius 3 is 1.11 bits per heavy atom. The van der Waals surface area contributed by atoms with Crippen LogP contribution < -0.4 is 9.80 Å². The molecule has 2 nitrogen and oxygen atoms in total. The number of rotatable bonds is 6. The van der Waals surface area contributed by atoms with Crippen molar-refractivity contribution in [2.45, 2.75) is 66.2 Å². The summed E-state index contributed by atoms with van der Waals surface area (Å²) in [6.45, 7) is 18.1. The van der Waals surface area contributed by atoms with Gasteiger partial charge in [0.1, 0.15) is 11.6 Å². The highest BCUT2D eigenvalue weighted by molar-refractivity contribution is 5.94. The summed E-state index contributed by atoms with van der Waals surface area (Å²) < 4.78 is 28.4. The molecule has 0 fully saturated rings. The van der Waals surface area contributed by atoms with E-state index in [-0.39, 0.29) is 22.5 Å². The molecule has 0 atom stereocenters. The van der Waals surface area contributed by atoms with E-state index in [1.807, 2.05) is 24.3 Å². The van der Waals surface area contributed by atoms with Crippen LogP contribution in [-0.4, -0.2) is 0 Å². The molecule has 0 bridgehead atoms. The average molecular weight is 737 g/mol. The SMILES string of the molecule is Cc1cccc(N(c2ccc(F)cc2)c2cc(C)c3c(c2)C(C)(C)c2cc4c(cc2-3)C(C)(C)c2cc(N(c3ccc(F)cc3)c3cccc(C)c3)cc(C)c2-4)c1. The van der Waals surface area contributed by atoms with Gasteiger partial charge in [-0.05, 0) is 204 Å². The summed E-state index contributed by atoms with van der Waals surface area (Å²) in [4.78, 5) is 4.48. The number of anilines is 6. The van der Waals surface area contributed by atoms with Crippen LogP contribution in [0.3, 0.4) is 0 Å². The third-order valence-corrected chi connectivity index (χ3v) is 12.2. The highest BCUT2D eigenvalue weighted by Crippen LogP contribution is 2.59. The van der Waals surface area contributed by atoms with E-state index in [1.165, 1.54) is 91.0 Å². The van der Waals surface area contributed by atoms with Gasteiger partial charge in [-0.2, -0.15) is 0 Å². The predicted molar refractivity (Wildman–Crippen MR) is 230 cm³/mol. The van der Waals surface area contributed by atoms with Crippen LogP contribution in [-0.2, 0) is 10.8 Å². The van der Waals surface area contributed by atoms with Gasteiger partial charge in [0.15, 0.2) is 0 Å². The normalized spacial score (nSPS) is 14.2. The molecule has 278 valence electrons. The van der Waals surface area contributed by atoms with Crippen LogP contribution >= 0.6 is 0 Å². The van der Waals surface area contributed by atoms with Crippen LogP contribution in [0.4, 0.5) is 42.9 Å². The molecule has 56 heavy (non-hydrogen) atoms. The zero-order valence-electron chi connectivity index (χ0n) is 33.4. The van der Waals surface area contributed by atoms with Crippen molar-refractivity contribution in [3.63, 3.8) is 0 Å². The first kappa shape index (κ1) is 35.7. The fourth-order valence-corrected chi connectivity index (χ4v) is 9.44. The topological polar surface area (TPSA) is 6.48 Å². The molecule has 0 N–H and O–H groups in total. The zero-order chi connectivity index (χ0) is 39.3. The van der Waals surface area contributed by atoms with Crippen molar-refractivity contribution in [1.82, 2.24) is 0 Å². The maximum absolute atomic E-state index is 14.2. The second-order valence-electron chi connectivity index (χ2n) is 16.9. The molecule has 0 spiro atoms. The lowest BCUT2D eigenvalue weighted by Crippen LogP contribution is -2.18. The number of benzene rings is 7. The van der Waals surface area contributed by atoms with Gasteiger partial charge in [-0.15, -0.1) is 0 Å². The van der Waals surface area contributed by atoms with E-state index in [0.717, 1.165) is 34.1 Å². The number of hydrogen-bond acceptors (Lipinski definition) is 2. The summed E-state index contributed by atoms with van der Waals surface area (Å²) in [7, 11) is 0. The van der Waals surface area contributed by atoms with Crippen LogP contribution in [0.1, 0.15) is 72.2 Å². The van der Waals surface area contributed by atoms with E-state index in [0.29, 0.717) is 0 Å². The van der Waals surface area contributed by atoms with Gasteiger partial charge < -0.3 is 9.80 Å². The summed E-state index contributed by atoms with van der Waals surface area (Å²) >= 11 is 0. The van der Waals surface area contributed by atoms with Crippen molar-refractivity contribution in [1.29, 1.82) is 0 Å². The Kier molecular flexibility index (Phi) is 8.14. The maximum Gasteiger partial charge on any atom is 0.123 e. The lowest BCUT2D eigenvalue weighted by atomic mass is 9.79. The Bertz CT molecular complexity index is 2520. The first-order valence-corrected chi connectivity index (χ1v) is 19.5. The molecule has 9 rings (SSSR count). The quantitative estimate of drug-likeness (QED) is 0.168. The van der Waals surface area contributed by atoms with Crippen LogP contribution in [0, 0.1) is 39.3 Å². The molecular weight excluding hydrogens is 691 g/mol. The Morgan fingerprint density at radius 2 is 0.750 bits per heavy atom. The Hall–Kier alpha value is -6.00. The van der Waals surface area contributed by atoms with Crippen LogP contribution in [0.2, 0.25) is 0 Å². The van der Waals surface area contributed by atoms with Gasteiger partial charge in [0, 0.05) is 45.0 Å². The molecule has 7 aromatic carbocycles. The second-order valence-corrected chi connectivity index (χ2v) is 16.9. The lowest BCUT2D eigenvalue weighted by Gasteiger charge is -2.29. The first-order chi connectivity index (χ1) is 26.7. The molecule has 4 heteroatoms. The van der Waals surface area contributed by atoms with E-state index in [2.05, 4.69) is 150 Å². The van der Waals surface area contributed by atoms with Gasteiger partial charge in [0.05, 0.1) is 0 Å². The number of fused-ring (bicyclic) bond motifs is 6. The summed E-state index contributed by atoms with van der Waals surface area (Å²) in [5, 5.41) is 0. The first-order valence-electron chi connectivity index (χ1n) is 19.5. The van der Waals surface area contributed by atoms with E-state index in [4.69, 9.17) is 0 Å². The lowest BCUT2D eigenvalue weighted by molar-refractivity contribution is 0.627. The van der Waals surface area contributed by atoms with Gasteiger partial charge in [-0.25, -0.2) is 8.78 Å². The molecule has 0 amide bonds. The van der Waals surface area contributed by atoms with Crippen LogP contribution in [0.5, 0.6) is 0 Å². The van der Waals surface area contributed by atoms with Crippen molar-refractivity contribution in [3.05, 3.63) is 190 Å². The summed E-state index contributed by atoms with van der Waals surface area (Å²) in [5.74, 6) is -0.500. The monoisotopic (exact) mass is 736 g/mol. The molecule has 7 aromatic rings. The number of nitrogens with zero attached hydrogens (tertiary/aromatic N) is 2. The van der Waals surface area contributed by atoms with Gasteiger partial charge >= 0.3 is 0 Å². The fourth-order valence-electron chi connectivity index (χ4n) is 9.44. The Balaban J connectivity index is 1.18. The molecule has 0 heterocycles. The van der Waals surface area contributed by atoms with Crippen molar-refractivity contribution in [2.24, 2.45) is 0 Å². The van der Waals surface area contributed by atoms with Gasteiger partial charge in [0.25, 0.3) is 0 Å². The summed E-state index contributed by atoms with van der Waals surface area (Å²) in [5.41, 5.74) is 20.7. The largest absolute Gasteiger partial charge is 0.310 e. The van der Waals surface area contributed by atoms with E-state index in [1.54, 1.807) is 0 Å². The minimum absolute atomic E-state index is 0.250. The molecule has 0 aliphatic heterocycles. The molecule has 0 radical (unpaired) electrons. The average Bonchev–Trinajstić information content (AvgIpc) is 3.52. The minimum atomic E-state index is -0.271. The van der Waals surface area contributed by atoms with E-state index >= 15 is 0 Å². The third-order valence-electron chi connectivity index (χ3n) is 12.2. The van der Waals surface area contributed by atoms with Crippen molar-refractivity contribution < 1.29 is 8.78 Å². The van der Waals surface area contributed by atoms with Gasteiger partial charge in [0.2, 0.25) is 0 Å². The molecular formula is C52H46F2N2. The second kappa shape index (κ2) is 12.8. The van der Waals surface area contributed by atoms with E-state index < -0.39 is 0 Å². The standard InChI is InChI=1S/C52H46F2N2/c1-31-11-9-13-39(23-31)55(37-19-15-35(53)16-20-37)41-25-33(3)49-43-29-46-44(30-45(43)51(5,6)47(49)27-41)50-34(4)26-42(28-48(50)52(46,7)8)56(38-21-17-36(54)18-22-38)40-14-10-12-32(2)24-40/h9-30H,1-8H3. The third kappa shape index (κ3) is 5.57. The molecule has 2 aliphatic rings. The van der Waals surface area contributed by atoms with Gasteiger partial charge in [-0.3, -0.25) is 0 Å². The number of halogens is 2. The number of hydrogen-bond donors (Lipinski definition) is 0. The fraction of sp³-hybridized carbons (Fsp3) is 0.192. The van der Waals surface area contributed by atoms with Crippen molar-refractivity contribution >= 4 is 34.1 Å². The zero-order valence-corrected chi connectivity index (χ0v) is 33.4. The Morgan fingerprint density at radius 1 is 0.375 bits per heavy atom. The molecule has 0 saturated carbocycles. The highest BCUT2D eigenvalue weighted by atomic mass is 19.1. The molecule has 0 aromatic heterocycles. The molecule has 0 saturated heterocycles. The van der Waals surface area contributed by atoms with Crippen LogP contribution in [0.25, 0.3) is 22.3 Å². The molecule has 0 unspecified atom stereocenters. The molecule has 2 aliphatic carbocycles. The maximum atomic E-state index is 14.2. The Labute approximate surface area is 329 Å². The van der Waals surface area contributed by atoms with Gasteiger partial charge in [-0.1, -0.05) is 52.0 Å². The van der Waals surface area contributed by atoms with Crippen molar-refractivity contribution in [3.8, 4) is 22.3 Å².